The second kappa shape index (κ2) is 10.4. The Morgan fingerprint density at radius 3 is 1.80 bits per heavy atom. The minimum atomic E-state index is -0.469. The van der Waals surface area contributed by atoms with E-state index in [0.29, 0.717) is 35.8 Å². The van der Waals surface area contributed by atoms with Gasteiger partial charge in [-0.15, -0.1) is 0 Å². The molecule has 0 atom stereocenters. The molecule has 30 heavy (non-hydrogen) atoms. The van der Waals surface area contributed by atoms with E-state index in [-0.39, 0.29) is 19.0 Å². The van der Waals surface area contributed by atoms with E-state index in [1.807, 2.05) is 36.4 Å². The molecule has 0 heterocycles. The lowest BCUT2D eigenvalue weighted by atomic mass is 10.1. The van der Waals surface area contributed by atoms with Gasteiger partial charge >= 0.3 is 5.97 Å². The molecule has 0 fully saturated rings. The Morgan fingerprint density at radius 2 is 1.27 bits per heavy atom. The number of fused-ring (bicyclic) bond motifs is 1. The van der Waals surface area contributed by atoms with Crippen molar-refractivity contribution in [3.63, 3.8) is 0 Å². The predicted molar refractivity (Wildman–Crippen MR) is 114 cm³/mol. The number of methoxy groups -OCH3 is 1. The van der Waals surface area contributed by atoms with Gasteiger partial charge in [-0.3, -0.25) is 4.79 Å². The molecule has 156 valence electrons. The monoisotopic (exact) mass is 408 g/mol. The highest BCUT2D eigenvalue weighted by atomic mass is 16.6. The number of rotatable bonds is 10. The molecule has 0 amide bonds. The van der Waals surface area contributed by atoms with Crippen LogP contribution >= 0.6 is 0 Å². The number of hydrogen-bond acceptors (Lipinski definition) is 6. The second-order valence-corrected chi connectivity index (χ2v) is 6.61. The largest absolute Gasteiger partial charge is 0.487 e. The van der Waals surface area contributed by atoms with Crippen LogP contribution in [0.5, 0.6) is 11.5 Å². The molecule has 6 heteroatoms. The lowest BCUT2D eigenvalue weighted by Gasteiger charge is -2.14. The molecule has 3 aromatic carbocycles. The van der Waals surface area contributed by atoms with Crippen LogP contribution in [0.15, 0.2) is 60.7 Å². The quantitative estimate of drug-likeness (QED) is 0.283. The fourth-order valence-electron chi connectivity index (χ4n) is 2.87. The van der Waals surface area contributed by atoms with E-state index in [2.05, 4.69) is 0 Å². The first-order chi connectivity index (χ1) is 14.6. The van der Waals surface area contributed by atoms with Gasteiger partial charge in [0.2, 0.25) is 0 Å². The molecular formula is C24H24O6. The summed E-state index contributed by atoms with van der Waals surface area (Å²) >= 11 is 0. The third-order valence-corrected chi connectivity index (χ3v) is 4.46. The average molecular weight is 408 g/mol. The Kier molecular flexibility index (Phi) is 7.40. The molecule has 0 aliphatic rings. The number of ether oxygens (including phenoxy) is 4. The minimum Gasteiger partial charge on any atom is -0.487 e. The molecule has 0 aliphatic heterocycles. The molecule has 0 unspecified atom stereocenters. The number of carbonyl (C=O) groups is 2. The number of Topliss-reactive ketones (excluding diaryl/α,β-unsaturated/α-hetero) is 1. The summed E-state index contributed by atoms with van der Waals surface area (Å²) in [6.07, 6.45) is 0. The van der Waals surface area contributed by atoms with Crippen molar-refractivity contribution in [2.24, 2.45) is 0 Å². The first-order valence-corrected chi connectivity index (χ1v) is 9.64. The summed E-state index contributed by atoms with van der Waals surface area (Å²) in [6.45, 7) is 2.60. The third-order valence-electron chi connectivity index (χ3n) is 4.46. The van der Waals surface area contributed by atoms with Crippen LogP contribution in [-0.2, 0) is 9.47 Å². The molecule has 0 bridgehead atoms. The van der Waals surface area contributed by atoms with Crippen molar-refractivity contribution in [1.29, 1.82) is 0 Å². The SMILES string of the molecule is COCCOc1cc2ccccc2cc1OCCOC(=O)c1ccc(C(C)=O)cc1. The maximum Gasteiger partial charge on any atom is 0.338 e. The maximum atomic E-state index is 12.2. The summed E-state index contributed by atoms with van der Waals surface area (Å²) in [7, 11) is 1.61. The summed E-state index contributed by atoms with van der Waals surface area (Å²) in [5.74, 6) is 0.662. The number of hydrogen-bond donors (Lipinski definition) is 0. The zero-order valence-corrected chi connectivity index (χ0v) is 17.1. The van der Waals surface area contributed by atoms with E-state index in [9.17, 15) is 9.59 Å². The molecule has 0 aliphatic carbocycles. The van der Waals surface area contributed by atoms with Gasteiger partial charge in [0, 0.05) is 12.7 Å². The fraction of sp³-hybridized carbons (Fsp3) is 0.250. The van der Waals surface area contributed by atoms with Crippen molar-refractivity contribution in [2.75, 3.05) is 33.5 Å². The van der Waals surface area contributed by atoms with Crippen molar-refractivity contribution >= 4 is 22.5 Å². The highest BCUT2D eigenvalue weighted by Crippen LogP contribution is 2.32. The molecule has 0 radical (unpaired) electrons. The van der Waals surface area contributed by atoms with Crippen molar-refractivity contribution < 1.29 is 28.5 Å². The van der Waals surface area contributed by atoms with E-state index in [1.54, 1.807) is 31.4 Å². The fourth-order valence-corrected chi connectivity index (χ4v) is 2.87. The summed E-state index contributed by atoms with van der Waals surface area (Å²) in [5.41, 5.74) is 0.932. The third kappa shape index (κ3) is 5.58. The standard InChI is InChI=1S/C24H24O6/c1-17(25)18-7-9-19(10-8-18)24(26)30-14-13-29-23-16-21-6-4-3-5-20(21)15-22(23)28-12-11-27-2/h3-10,15-16H,11-14H2,1-2H3. The van der Waals surface area contributed by atoms with Crippen LogP contribution in [0.25, 0.3) is 10.8 Å². The molecule has 0 saturated carbocycles. The summed E-state index contributed by atoms with van der Waals surface area (Å²) in [6, 6.07) is 18.1. The molecule has 3 rings (SSSR count). The highest BCUT2D eigenvalue weighted by molar-refractivity contribution is 5.96. The van der Waals surface area contributed by atoms with E-state index < -0.39 is 5.97 Å². The van der Waals surface area contributed by atoms with Crippen molar-refractivity contribution in [1.82, 2.24) is 0 Å². The number of carbonyl (C=O) groups excluding carboxylic acids is 2. The first-order valence-electron chi connectivity index (χ1n) is 9.64. The predicted octanol–water partition coefficient (Wildman–Crippen LogP) is 4.30. The van der Waals surface area contributed by atoms with Gasteiger partial charge in [-0.2, -0.15) is 0 Å². The Morgan fingerprint density at radius 1 is 0.733 bits per heavy atom. The highest BCUT2D eigenvalue weighted by Gasteiger charge is 2.11. The van der Waals surface area contributed by atoms with Crippen molar-refractivity contribution in [2.45, 2.75) is 6.92 Å². The van der Waals surface area contributed by atoms with E-state index in [4.69, 9.17) is 18.9 Å². The molecule has 0 N–H and O–H groups in total. The maximum absolute atomic E-state index is 12.2. The number of benzene rings is 3. The van der Waals surface area contributed by atoms with Crippen LogP contribution in [0.3, 0.4) is 0 Å². The Balaban J connectivity index is 1.59. The van der Waals surface area contributed by atoms with Gasteiger partial charge < -0.3 is 18.9 Å². The normalized spacial score (nSPS) is 10.6. The molecule has 3 aromatic rings. The van der Waals surface area contributed by atoms with Gasteiger partial charge in [0.25, 0.3) is 0 Å². The van der Waals surface area contributed by atoms with Crippen LogP contribution in [-0.4, -0.2) is 45.3 Å². The van der Waals surface area contributed by atoms with Gasteiger partial charge in [0.05, 0.1) is 12.2 Å². The zero-order chi connectivity index (χ0) is 21.3. The summed E-state index contributed by atoms with van der Waals surface area (Å²) in [5, 5.41) is 2.06. The minimum absolute atomic E-state index is 0.0535. The van der Waals surface area contributed by atoms with Crippen LogP contribution < -0.4 is 9.47 Å². The van der Waals surface area contributed by atoms with E-state index >= 15 is 0 Å². The molecular weight excluding hydrogens is 384 g/mol. The number of ketones is 1. The van der Waals surface area contributed by atoms with Crippen LogP contribution in [0.1, 0.15) is 27.6 Å². The van der Waals surface area contributed by atoms with Gasteiger partial charge in [0.15, 0.2) is 17.3 Å². The lowest BCUT2D eigenvalue weighted by Crippen LogP contribution is -2.13. The topological polar surface area (TPSA) is 71.1 Å². The van der Waals surface area contributed by atoms with Crippen molar-refractivity contribution in [3.05, 3.63) is 71.8 Å². The first kappa shape index (κ1) is 21.3. The zero-order valence-electron chi connectivity index (χ0n) is 17.1. The van der Waals surface area contributed by atoms with E-state index in [1.165, 1.54) is 6.92 Å². The molecule has 0 saturated heterocycles. The molecule has 0 aromatic heterocycles. The Labute approximate surface area is 175 Å². The number of esters is 1. The van der Waals surface area contributed by atoms with Crippen LogP contribution in [0.4, 0.5) is 0 Å². The smallest absolute Gasteiger partial charge is 0.338 e. The van der Waals surface area contributed by atoms with Gasteiger partial charge in [-0.1, -0.05) is 36.4 Å². The van der Waals surface area contributed by atoms with Crippen LogP contribution in [0, 0.1) is 0 Å². The Hall–Kier alpha value is -3.38. The van der Waals surface area contributed by atoms with Gasteiger partial charge in [-0.25, -0.2) is 4.79 Å². The summed E-state index contributed by atoms with van der Waals surface area (Å²) in [4.78, 5) is 23.5. The van der Waals surface area contributed by atoms with Gasteiger partial charge in [-0.05, 0) is 42.0 Å². The van der Waals surface area contributed by atoms with Gasteiger partial charge in [0.1, 0.15) is 19.8 Å². The second-order valence-electron chi connectivity index (χ2n) is 6.61. The average Bonchev–Trinajstić information content (AvgIpc) is 2.76. The van der Waals surface area contributed by atoms with Crippen molar-refractivity contribution in [3.8, 4) is 11.5 Å². The molecule has 0 spiro atoms. The lowest BCUT2D eigenvalue weighted by molar-refractivity contribution is 0.0448. The summed E-state index contributed by atoms with van der Waals surface area (Å²) < 4.78 is 21.9. The Bertz CT molecular complexity index is 1010. The van der Waals surface area contributed by atoms with E-state index in [0.717, 1.165) is 10.8 Å². The molecule has 6 nitrogen and oxygen atoms in total. The van der Waals surface area contributed by atoms with Crippen LogP contribution in [0.2, 0.25) is 0 Å².